The van der Waals surface area contributed by atoms with Gasteiger partial charge in [-0.2, -0.15) is 0 Å². The number of carbonyl (C=O) groups is 1. The van der Waals surface area contributed by atoms with E-state index in [0.29, 0.717) is 37.7 Å². The molecular weight excluding hydrogens is 270 g/mol. The normalized spacial score (nSPS) is 11.8. The van der Waals surface area contributed by atoms with E-state index in [1.54, 1.807) is 14.0 Å². The second-order valence-corrected chi connectivity index (χ2v) is 4.65. The van der Waals surface area contributed by atoms with Crippen molar-refractivity contribution in [2.75, 3.05) is 26.9 Å². The summed E-state index contributed by atoms with van der Waals surface area (Å²) in [5.41, 5.74) is 1.11. The standard InChI is InChI=1S/C16H25NO4/c1-5-17-13(16(18)20-6-2)9-10-21-14-8-7-12(3)11-15(14)19-4/h7-8,11,13,17H,5-6,9-10H2,1-4H3. The number of rotatable bonds is 9. The fourth-order valence-corrected chi connectivity index (χ4v) is 1.97. The maximum atomic E-state index is 11.8. The van der Waals surface area contributed by atoms with Gasteiger partial charge in [-0.3, -0.25) is 4.79 Å². The molecule has 1 unspecified atom stereocenters. The zero-order chi connectivity index (χ0) is 15.7. The van der Waals surface area contributed by atoms with E-state index in [4.69, 9.17) is 14.2 Å². The van der Waals surface area contributed by atoms with Crippen molar-refractivity contribution >= 4 is 5.97 Å². The second-order valence-electron chi connectivity index (χ2n) is 4.65. The highest BCUT2D eigenvalue weighted by atomic mass is 16.5. The Kier molecular flexibility index (Phi) is 7.61. The summed E-state index contributed by atoms with van der Waals surface area (Å²) >= 11 is 0. The van der Waals surface area contributed by atoms with Gasteiger partial charge in [-0.25, -0.2) is 0 Å². The molecule has 1 aromatic rings. The number of benzene rings is 1. The number of hydrogen-bond donors (Lipinski definition) is 1. The maximum absolute atomic E-state index is 11.8. The van der Waals surface area contributed by atoms with Crippen LogP contribution < -0.4 is 14.8 Å². The smallest absolute Gasteiger partial charge is 0.323 e. The highest BCUT2D eigenvalue weighted by Gasteiger charge is 2.18. The van der Waals surface area contributed by atoms with E-state index in [1.165, 1.54) is 0 Å². The molecule has 0 saturated heterocycles. The van der Waals surface area contributed by atoms with Crippen LogP contribution in [0.25, 0.3) is 0 Å². The Balaban J connectivity index is 2.55. The van der Waals surface area contributed by atoms with Gasteiger partial charge in [0.1, 0.15) is 6.04 Å². The predicted octanol–water partition coefficient (Wildman–Crippen LogP) is 2.31. The van der Waals surface area contributed by atoms with Crippen molar-refractivity contribution in [1.29, 1.82) is 0 Å². The van der Waals surface area contributed by atoms with Crippen LogP contribution in [0.2, 0.25) is 0 Å². The number of aryl methyl sites for hydroxylation is 1. The lowest BCUT2D eigenvalue weighted by molar-refractivity contribution is -0.146. The summed E-state index contributed by atoms with van der Waals surface area (Å²) in [7, 11) is 1.61. The van der Waals surface area contributed by atoms with Crippen molar-refractivity contribution in [3.05, 3.63) is 23.8 Å². The Morgan fingerprint density at radius 2 is 2.05 bits per heavy atom. The van der Waals surface area contributed by atoms with Gasteiger partial charge in [0.05, 0.1) is 20.3 Å². The van der Waals surface area contributed by atoms with Crippen LogP contribution in [0.15, 0.2) is 18.2 Å². The van der Waals surface area contributed by atoms with E-state index in [2.05, 4.69) is 5.32 Å². The highest BCUT2D eigenvalue weighted by molar-refractivity contribution is 5.75. The van der Waals surface area contributed by atoms with E-state index >= 15 is 0 Å². The van der Waals surface area contributed by atoms with E-state index in [-0.39, 0.29) is 12.0 Å². The Morgan fingerprint density at radius 3 is 2.67 bits per heavy atom. The van der Waals surface area contributed by atoms with Gasteiger partial charge in [-0.15, -0.1) is 0 Å². The lowest BCUT2D eigenvalue weighted by Gasteiger charge is -2.17. The fraction of sp³-hybridized carbons (Fsp3) is 0.562. The minimum Gasteiger partial charge on any atom is -0.493 e. The van der Waals surface area contributed by atoms with Gasteiger partial charge in [0, 0.05) is 6.42 Å². The molecule has 1 aromatic carbocycles. The summed E-state index contributed by atoms with van der Waals surface area (Å²) in [6, 6.07) is 5.42. The van der Waals surface area contributed by atoms with E-state index < -0.39 is 0 Å². The van der Waals surface area contributed by atoms with Crippen LogP contribution in [0, 0.1) is 6.92 Å². The first-order chi connectivity index (χ1) is 10.1. The molecule has 5 nitrogen and oxygen atoms in total. The van der Waals surface area contributed by atoms with Gasteiger partial charge in [-0.05, 0) is 38.1 Å². The first kappa shape index (κ1) is 17.3. The molecule has 0 aliphatic rings. The summed E-state index contributed by atoms with van der Waals surface area (Å²) in [5, 5.41) is 3.11. The lowest BCUT2D eigenvalue weighted by atomic mass is 10.2. The second kappa shape index (κ2) is 9.23. The zero-order valence-electron chi connectivity index (χ0n) is 13.3. The summed E-state index contributed by atoms with van der Waals surface area (Å²) in [6.45, 7) is 7.25. The summed E-state index contributed by atoms with van der Waals surface area (Å²) in [4.78, 5) is 11.8. The molecule has 0 aliphatic carbocycles. The van der Waals surface area contributed by atoms with Crippen LogP contribution in [0.5, 0.6) is 11.5 Å². The molecule has 0 radical (unpaired) electrons. The van der Waals surface area contributed by atoms with Crippen molar-refractivity contribution in [2.24, 2.45) is 0 Å². The van der Waals surface area contributed by atoms with Crippen LogP contribution in [0.3, 0.4) is 0 Å². The molecule has 0 bridgehead atoms. The SMILES string of the molecule is CCNC(CCOc1ccc(C)cc1OC)C(=O)OCC. The third-order valence-corrected chi connectivity index (χ3v) is 3.00. The van der Waals surface area contributed by atoms with E-state index in [0.717, 1.165) is 5.56 Å². The van der Waals surface area contributed by atoms with Crippen molar-refractivity contribution in [3.63, 3.8) is 0 Å². The Bertz CT molecular complexity index is 448. The van der Waals surface area contributed by atoms with Crippen LogP contribution in [-0.2, 0) is 9.53 Å². The Morgan fingerprint density at radius 1 is 1.29 bits per heavy atom. The Hall–Kier alpha value is -1.75. The monoisotopic (exact) mass is 295 g/mol. The third-order valence-electron chi connectivity index (χ3n) is 3.00. The lowest BCUT2D eigenvalue weighted by Crippen LogP contribution is -2.39. The number of hydrogen-bond acceptors (Lipinski definition) is 5. The molecule has 1 atom stereocenters. The van der Waals surface area contributed by atoms with Crippen molar-refractivity contribution in [1.82, 2.24) is 5.32 Å². The van der Waals surface area contributed by atoms with E-state index in [1.807, 2.05) is 32.0 Å². The van der Waals surface area contributed by atoms with Crippen molar-refractivity contribution < 1.29 is 19.0 Å². The topological polar surface area (TPSA) is 56.8 Å². The predicted molar refractivity (Wildman–Crippen MR) is 81.9 cm³/mol. The minimum absolute atomic E-state index is 0.237. The van der Waals surface area contributed by atoms with Crippen molar-refractivity contribution in [3.8, 4) is 11.5 Å². The molecule has 0 spiro atoms. The fourth-order valence-electron chi connectivity index (χ4n) is 1.97. The average Bonchev–Trinajstić information content (AvgIpc) is 2.47. The highest BCUT2D eigenvalue weighted by Crippen LogP contribution is 2.27. The molecule has 0 amide bonds. The number of methoxy groups -OCH3 is 1. The molecule has 0 saturated carbocycles. The summed E-state index contributed by atoms with van der Waals surface area (Å²) in [6.07, 6.45) is 0.545. The maximum Gasteiger partial charge on any atom is 0.323 e. The van der Waals surface area contributed by atoms with Gasteiger partial charge in [0.15, 0.2) is 11.5 Å². The number of ether oxygens (including phenoxy) is 3. The largest absolute Gasteiger partial charge is 0.493 e. The molecular formula is C16H25NO4. The van der Waals surface area contributed by atoms with Crippen LogP contribution in [0.4, 0.5) is 0 Å². The third kappa shape index (κ3) is 5.63. The molecule has 0 fully saturated rings. The quantitative estimate of drug-likeness (QED) is 0.709. The molecule has 1 N–H and O–H groups in total. The number of nitrogens with one attached hydrogen (secondary N) is 1. The summed E-state index contributed by atoms with van der Waals surface area (Å²) in [5.74, 6) is 1.15. The van der Waals surface area contributed by atoms with Gasteiger partial charge in [0.25, 0.3) is 0 Å². The van der Waals surface area contributed by atoms with Crippen LogP contribution >= 0.6 is 0 Å². The van der Waals surface area contributed by atoms with Crippen LogP contribution in [0.1, 0.15) is 25.8 Å². The van der Waals surface area contributed by atoms with Gasteiger partial charge in [0.2, 0.25) is 0 Å². The number of likely N-dealkylation sites (N-methyl/N-ethyl adjacent to an activating group) is 1. The van der Waals surface area contributed by atoms with Gasteiger partial charge >= 0.3 is 5.97 Å². The first-order valence-corrected chi connectivity index (χ1v) is 7.29. The molecule has 0 aliphatic heterocycles. The molecule has 0 aromatic heterocycles. The molecule has 0 heterocycles. The number of carbonyl (C=O) groups excluding carboxylic acids is 1. The average molecular weight is 295 g/mol. The molecule has 21 heavy (non-hydrogen) atoms. The van der Waals surface area contributed by atoms with Crippen LogP contribution in [-0.4, -0.2) is 38.9 Å². The van der Waals surface area contributed by atoms with Gasteiger partial charge < -0.3 is 19.5 Å². The molecule has 5 heteroatoms. The minimum atomic E-state index is -0.341. The first-order valence-electron chi connectivity index (χ1n) is 7.29. The molecule has 118 valence electrons. The van der Waals surface area contributed by atoms with Crippen molar-refractivity contribution in [2.45, 2.75) is 33.2 Å². The Labute approximate surface area is 126 Å². The number of esters is 1. The molecule has 1 rings (SSSR count). The summed E-state index contributed by atoms with van der Waals surface area (Å²) < 4.78 is 16.0. The van der Waals surface area contributed by atoms with E-state index in [9.17, 15) is 4.79 Å². The van der Waals surface area contributed by atoms with Gasteiger partial charge in [-0.1, -0.05) is 13.0 Å². The zero-order valence-corrected chi connectivity index (χ0v) is 13.3.